The lowest BCUT2D eigenvalue weighted by Gasteiger charge is -2.40. The SMILES string of the molecule is C[C@H]1CNC[C@H](CCCc2c(F)cncc2NC(=O)[C@@H](N)[C@@H](c2ccc(F)cc2)c2cc(F)cc(F)c2)N1S(=O)(=O)c1ccccc1Cl. The van der Waals surface area contributed by atoms with Crippen LogP contribution in [0.25, 0.3) is 0 Å². The number of nitrogens with zero attached hydrogens (tertiary/aromatic N) is 2. The molecule has 1 aliphatic rings. The van der Waals surface area contributed by atoms with Crippen LogP contribution in [-0.4, -0.2) is 54.8 Å². The summed E-state index contributed by atoms with van der Waals surface area (Å²) in [5.41, 5.74) is 6.92. The number of amides is 1. The summed E-state index contributed by atoms with van der Waals surface area (Å²) in [6, 6.07) is 11.7. The van der Waals surface area contributed by atoms with Crippen LogP contribution >= 0.6 is 11.6 Å². The first kappa shape index (κ1) is 35.4. The van der Waals surface area contributed by atoms with Crippen LogP contribution in [0.4, 0.5) is 23.2 Å². The van der Waals surface area contributed by atoms with E-state index in [1.165, 1.54) is 34.8 Å². The van der Waals surface area contributed by atoms with Crippen LogP contribution in [0.2, 0.25) is 5.02 Å². The fraction of sp³-hybridized carbons (Fsp3) is 0.294. The van der Waals surface area contributed by atoms with E-state index >= 15 is 4.39 Å². The van der Waals surface area contributed by atoms with Crippen molar-refractivity contribution in [2.45, 2.75) is 55.1 Å². The second-order valence-corrected chi connectivity index (χ2v) is 13.9. The number of carbonyl (C=O) groups is 1. The van der Waals surface area contributed by atoms with E-state index in [1.54, 1.807) is 19.1 Å². The van der Waals surface area contributed by atoms with E-state index in [0.717, 1.165) is 30.5 Å². The van der Waals surface area contributed by atoms with Crippen molar-refractivity contribution >= 4 is 33.2 Å². The number of hydrogen-bond donors (Lipinski definition) is 3. The van der Waals surface area contributed by atoms with Crippen molar-refractivity contribution < 1.29 is 30.8 Å². The van der Waals surface area contributed by atoms with Gasteiger partial charge < -0.3 is 16.4 Å². The third-order valence-corrected chi connectivity index (χ3v) is 10.9. The van der Waals surface area contributed by atoms with Crippen molar-refractivity contribution in [3.63, 3.8) is 0 Å². The van der Waals surface area contributed by atoms with E-state index in [1.807, 2.05) is 0 Å². The fourth-order valence-electron chi connectivity index (χ4n) is 6.17. The van der Waals surface area contributed by atoms with E-state index < -0.39 is 57.2 Å². The highest BCUT2D eigenvalue weighted by molar-refractivity contribution is 7.89. The molecule has 0 radical (unpaired) electrons. The predicted molar refractivity (Wildman–Crippen MR) is 175 cm³/mol. The van der Waals surface area contributed by atoms with Crippen LogP contribution < -0.4 is 16.4 Å². The predicted octanol–water partition coefficient (Wildman–Crippen LogP) is 5.76. The Balaban J connectivity index is 1.35. The number of carbonyl (C=O) groups excluding carboxylic acids is 1. The van der Waals surface area contributed by atoms with Crippen molar-refractivity contribution in [2.75, 3.05) is 18.4 Å². The molecule has 1 fully saturated rings. The van der Waals surface area contributed by atoms with Gasteiger partial charge in [-0.3, -0.25) is 9.78 Å². The molecule has 48 heavy (non-hydrogen) atoms. The largest absolute Gasteiger partial charge is 0.323 e. The molecule has 0 unspecified atom stereocenters. The first-order valence-electron chi connectivity index (χ1n) is 15.3. The number of nitrogens with two attached hydrogens (primary N) is 1. The van der Waals surface area contributed by atoms with E-state index in [0.29, 0.717) is 37.6 Å². The molecule has 4 aromatic rings. The molecule has 0 spiro atoms. The molecule has 4 N–H and O–H groups in total. The Kier molecular flexibility index (Phi) is 11.2. The number of anilines is 1. The van der Waals surface area contributed by atoms with Gasteiger partial charge in [0.2, 0.25) is 15.9 Å². The summed E-state index contributed by atoms with van der Waals surface area (Å²) >= 11 is 6.25. The van der Waals surface area contributed by atoms with Crippen LogP contribution in [0.15, 0.2) is 84.0 Å². The van der Waals surface area contributed by atoms with Gasteiger partial charge in [0.15, 0.2) is 0 Å². The summed E-state index contributed by atoms with van der Waals surface area (Å²) in [6.45, 7) is 2.61. The summed E-state index contributed by atoms with van der Waals surface area (Å²) < 4.78 is 86.1. The molecule has 1 saturated heterocycles. The first-order chi connectivity index (χ1) is 22.9. The van der Waals surface area contributed by atoms with Crippen LogP contribution in [-0.2, 0) is 21.2 Å². The van der Waals surface area contributed by atoms with Crippen molar-refractivity contribution in [2.24, 2.45) is 5.73 Å². The third-order valence-electron chi connectivity index (χ3n) is 8.37. The molecular formula is C34H34ClF4N5O3S. The normalized spacial score (nSPS) is 18.3. The second kappa shape index (κ2) is 15.1. The number of rotatable bonds is 11. The maximum Gasteiger partial charge on any atom is 0.245 e. The van der Waals surface area contributed by atoms with E-state index in [4.69, 9.17) is 17.3 Å². The molecule has 0 aliphatic carbocycles. The van der Waals surface area contributed by atoms with Gasteiger partial charge in [-0.2, -0.15) is 4.31 Å². The number of pyridine rings is 1. The average molecular weight is 704 g/mol. The zero-order chi connectivity index (χ0) is 34.6. The van der Waals surface area contributed by atoms with Gasteiger partial charge in [0.05, 0.1) is 29.1 Å². The lowest BCUT2D eigenvalue weighted by atomic mass is 9.84. The van der Waals surface area contributed by atoms with Gasteiger partial charge >= 0.3 is 0 Å². The monoisotopic (exact) mass is 703 g/mol. The molecular weight excluding hydrogens is 670 g/mol. The summed E-state index contributed by atoms with van der Waals surface area (Å²) in [5, 5.41) is 5.97. The first-order valence-corrected chi connectivity index (χ1v) is 17.1. The van der Waals surface area contributed by atoms with Gasteiger partial charge in [-0.1, -0.05) is 35.9 Å². The molecule has 1 amide bonds. The zero-order valence-electron chi connectivity index (χ0n) is 25.8. The summed E-state index contributed by atoms with van der Waals surface area (Å²) in [5.74, 6) is -4.92. The molecule has 3 aromatic carbocycles. The number of aromatic nitrogens is 1. The summed E-state index contributed by atoms with van der Waals surface area (Å²) in [6.07, 6.45) is 3.06. The van der Waals surface area contributed by atoms with Crippen molar-refractivity contribution in [3.05, 3.63) is 124 Å². The fourth-order valence-corrected chi connectivity index (χ4v) is 8.51. The third kappa shape index (κ3) is 7.87. The number of piperazine rings is 1. The van der Waals surface area contributed by atoms with Crippen molar-refractivity contribution in [3.8, 4) is 0 Å². The van der Waals surface area contributed by atoms with Crippen LogP contribution in [0, 0.1) is 23.3 Å². The number of halogens is 5. The molecule has 1 aromatic heterocycles. The highest BCUT2D eigenvalue weighted by Crippen LogP contribution is 2.32. The summed E-state index contributed by atoms with van der Waals surface area (Å²) in [7, 11) is -3.95. The topological polar surface area (TPSA) is 117 Å². The Morgan fingerprint density at radius 3 is 2.38 bits per heavy atom. The Labute approximate surface area is 281 Å². The Morgan fingerprint density at radius 1 is 1.00 bits per heavy atom. The minimum Gasteiger partial charge on any atom is -0.323 e. The summed E-state index contributed by atoms with van der Waals surface area (Å²) in [4.78, 5) is 17.4. The number of hydrogen-bond acceptors (Lipinski definition) is 6. The molecule has 8 nitrogen and oxygen atoms in total. The zero-order valence-corrected chi connectivity index (χ0v) is 27.4. The van der Waals surface area contributed by atoms with Gasteiger partial charge in [-0.15, -0.1) is 0 Å². The van der Waals surface area contributed by atoms with E-state index in [2.05, 4.69) is 15.6 Å². The highest BCUT2D eigenvalue weighted by atomic mass is 35.5. The molecule has 0 bridgehead atoms. The highest BCUT2D eigenvalue weighted by Gasteiger charge is 2.38. The molecule has 14 heteroatoms. The molecule has 2 heterocycles. The average Bonchev–Trinajstić information content (AvgIpc) is 3.03. The Morgan fingerprint density at radius 2 is 1.69 bits per heavy atom. The van der Waals surface area contributed by atoms with E-state index in [-0.39, 0.29) is 39.2 Å². The standard InChI is InChI=1S/C34H34ClF4N5O3S/c1-20-16-41-17-26(44(20)48(46,47)31-8-3-2-7-28(31)35)5-4-6-27-29(39)18-42-19-30(27)43-34(45)33(40)32(21-9-11-23(36)12-10-21)22-13-24(37)15-25(38)14-22/h2-3,7-15,18-20,26,32-33,41H,4-6,16-17,40H2,1H3,(H,43,45)/t20-,26-,32-,33-/m0/s1. The molecule has 4 atom stereocenters. The van der Waals surface area contributed by atoms with Gasteiger partial charge in [-0.25, -0.2) is 26.0 Å². The number of nitrogens with one attached hydrogen (secondary N) is 2. The number of benzene rings is 3. The second-order valence-electron chi connectivity index (χ2n) is 11.7. The smallest absolute Gasteiger partial charge is 0.245 e. The molecule has 0 saturated carbocycles. The number of sulfonamides is 1. The van der Waals surface area contributed by atoms with Crippen LogP contribution in [0.3, 0.4) is 0 Å². The van der Waals surface area contributed by atoms with E-state index in [9.17, 15) is 26.4 Å². The minimum atomic E-state index is -3.95. The maximum absolute atomic E-state index is 15.2. The molecule has 5 rings (SSSR count). The lowest BCUT2D eigenvalue weighted by molar-refractivity contribution is -0.117. The van der Waals surface area contributed by atoms with Crippen LogP contribution in [0.5, 0.6) is 0 Å². The van der Waals surface area contributed by atoms with Gasteiger partial charge in [-0.05, 0) is 73.7 Å². The van der Waals surface area contributed by atoms with Crippen LogP contribution in [0.1, 0.15) is 42.4 Å². The Bertz CT molecular complexity index is 1860. The molecule has 1 aliphatic heterocycles. The molecule has 254 valence electrons. The Hall–Kier alpha value is -3.88. The van der Waals surface area contributed by atoms with Crippen molar-refractivity contribution in [1.29, 1.82) is 0 Å². The van der Waals surface area contributed by atoms with Gasteiger partial charge in [0, 0.05) is 42.7 Å². The van der Waals surface area contributed by atoms with Gasteiger partial charge in [0.1, 0.15) is 28.2 Å². The minimum absolute atomic E-state index is 0.00635. The quantitative estimate of drug-likeness (QED) is 0.171. The van der Waals surface area contributed by atoms with Gasteiger partial charge in [0.25, 0.3) is 0 Å². The lowest BCUT2D eigenvalue weighted by Crippen LogP contribution is -2.58. The van der Waals surface area contributed by atoms with Crippen molar-refractivity contribution in [1.82, 2.24) is 14.6 Å². The maximum atomic E-state index is 15.2.